The molecule has 0 aliphatic heterocycles. The normalized spacial score (nSPS) is 15.5. The maximum Gasteiger partial charge on any atom is 0.421 e. The van der Waals surface area contributed by atoms with E-state index in [1.54, 1.807) is 0 Å². The monoisotopic (exact) mass is 454 g/mol. The van der Waals surface area contributed by atoms with Crippen LogP contribution >= 0.6 is 0 Å². The van der Waals surface area contributed by atoms with E-state index in [1.807, 2.05) is 24.3 Å². The first-order valence-corrected chi connectivity index (χ1v) is 11.2. The molecular weight excluding hydrogens is 425 g/mol. The summed E-state index contributed by atoms with van der Waals surface area (Å²) in [5.41, 5.74) is 2.53. The Morgan fingerprint density at radius 3 is 2.09 bits per heavy atom. The van der Waals surface area contributed by atoms with Crippen molar-refractivity contribution in [2.75, 3.05) is 0 Å². The minimum Gasteiger partial charge on any atom is -0.313 e. The summed E-state index contributed by atoms with van der Waals surface area (Å²) in [7, 11) is 0. The van der Waals surface area contributed by atoms with Gasteiger partial charge in [0.2, 0.25) is 0 Å². The van der Waals surface area contributed by atoms with Crippen molar-refractivity contribution in [2.24, 2.45) is 0 Å². The topological polar surface area (TPSA) is 34.0 Å². The maximum absolute atomic E-state index is 13.3. The van der Waals surface area contributed by atoms with Gasteiger partial charge in [-0.25, -0.2) is 0 Å². The van der Waals surface area contributed by atoms with Crippen molar-refractivity contribution in [3.8, 4) is 0 Å². The van der Waals surface area contributed by atoms with Crippen LogP contribution in [0.1, 0.15) is 54.6 Å². The second-order valence-electron chi connectivity index (χ2n) is 9.84. The molecule has 3 nitrogen and oxygen atoms in total. The number of hydrogen-bond acceptors (Lipinski definition) is 2. The lowest BCUT2D eigenvalue weighted by Gasteiger charge is -2.26. The van der Waals surface area contributed by atoms with Gasteiger partial charge in [-0.05, 0) is 52.6 Å². The molecule has 0 saturated heterocycles. The molecule has 33 heavy (non-hydrogen) atoms. The van der Waals surface area contributed by atoms with Crippen molar-refractivity contribution in [1.82, 2.24) is 9.88 Å². The van der Waals surface area contributed by atoms with E-state index in [2.05, 4.69) is 50.4 Å². The standard InChI is InChI=1S/C27H29F3N2O/c1-26(2,3)21-12-10-18(11-13-21)24(31-22-15-19-7-4-5-8-20(19)16-22)17-32-14-6-9-23(25(32)33)27(28,29)30/h4-14,22,24,31H,15-17H2,1-3H3/t24-/m0/s1. The molecule has 1 heterocycles. The molecule has 1 aliphatic rings. The molecule has 0 radical (unpaired) electrons. The van der Waals surface area contributed by atoms with E-state index in [0.29, 0.717) is 0 Å². The fourth-order valence-electron chi connectivity index (χ4n) is 4.52. The Bertz CT molecular complexity index is 1150. The fourth-order valence-corrected chi connectivity index (χ4v) is 4.52. The summed E-state index contributed by atoms with van der Waals surface area (Å²) < 4.78 is 41.1. The number of rotatable bonds is 5. The number of halogens is 3. The first kappa shape index (κ1) is 23.3. The number of fused-ring (bicyclic) bond motifs is 1. The lowest BCUT2D eigenvalue weighted by molar-refractivity contribution is -0.139. The Hall–Kier alpha value is -2.86. The van der Waals surface area contributed by atoms with E-state index in [0.717, 1.165) is 24.5 Å². The third-order valence-electron chi connectivity index (χ3n) is 6.37. The second kappa shape index (κ2) is 8.82. The van der Waals surface area contributed by atoms with Crippen LogP contribution in [0, 0.1) is 0 Å². The van der Waals surface area contributed by atoms with Gasteiger partial charge in [0, 0.05) is 18.8 Å². The van der Waals surface area contributed by atoms with Gasteiger partial charge in [0.15, 0.2) is 0 Å². The lowest BCUT2D eigenvalue weighted by Crippen LogP contribution is -2.38. The summed E-state index contributed by atoms with van der Waals surface area (Å²) >= 11 is 0. The highest BCUT2D eigenvalue weighted by molar-refractivity contribution is 5.34. The number of alkyl halides is 3. The molecule has 0 spiro atoms. The summed E-state index contributed by atoms with van der Waals surface area (Å²) in [4.78, 5) is 12.6. The van der Waals surface area contributed by atoms with Crippen LogP contribution in [0.3, 0.4) is 0 Å². The molecule has 1 aromatic heterocycles. The van der Waals surface area contributed by atoms with Crippen LogP contribution in [0.4, 0.5) is 13.2 Å². The molecule has 0 fully saturated rings. The van der Waals surface area contributed by atoms with Gasteiger partial charge >= 0.3 is 6.18 Å². The fraction of sp³-hybridized carbons (Fsp3) is 0.370. The largest absolute Gasteiger partial charge is 0.421 e. The Morgan fingerprint density at radius 2 is 1.55 bits per heavy atom. The summed E-state index contributed by atoms with van der Waals surface area (Å²) in [5, 5.41) is 3.63. The van der Waals surface area contributed by atoms with E-state index in [1.165, 1.54) is 33.5 Å². The number of nitrogens with zero attached hydrogens (tertiary/aromatic N) is 1. The summed E-state index contributed by atoms with van der Waals surface area (Å²) in [6, 6.07) is 18.4. The Labute approximate surface area is 192 Å². The zero-order valence-corrected chi connectivity index (χ0v) is 19.1. The average molecular weight is 455 g/mol. The predicted octanol–water partition coefficient (Wildman–Crippen LogP) is 5.66. The van der Waals surface area contributed by atoms with Gasteiger partial charge in [-0.3, -0.25) is 4.79 Å². The second-order valence-corrected chi connectivity index (χ2v) is 9.84. The van der Waals surface area contributed by atoms with Gasteiger partial charge in [-0.2, -0.15) is 13.2 Å². The van der Waals surface area contributed by atoms with Crippen LogP contribution in [0.15, 0.2) is 71.7 Å². The van der Waals surface area contributed by atoms with Crippen molar-refractivity contribution < 1.29 is 13.2 Å². The smallest absolute Gasteiger partial charge is 0.313 e. The molecule has 0 unspecified atom stereocenters. The zero-order chi connectivity index (χ0) is 23.8. The third-order valence-corrected chi connectivity index (χ3v) is 6.37. The van der Waals surface area contributed by atoms with Crippen LogP contribution in [-0.4, -0.2) is 10.6 Å². The number of aromatic nitrogens is 1. The van der Waals surface area contributed by atoms with Crippen LogP contribution in [0.5, 0.6) is 0 Å². The highest BCUT2D eigenvalue weighted by Gasteiger charge is 2.34. The van der Waals surface area contributed by atoms with E-state index >= 15 is 0 Å². The van der Waals surface area contributed by atoms with Crippen molar-refractivity contribution in [2.45, 2.75) is 63.8 Å². The summed E-state index contributed by atoms with van der Waals surface area (Å²) in [5.74, 6) is 0. The van der Waals surface area contributed by atoms with Crippen molar-refractivity contribution in [3.05, 3.63) is 105 Å². The first-order chi connectivity index (χ1) is 15.5. The Balaban J connectivity index is 1.64. The van der Waals surface area contributed by atoms with Crippen LogP contribution in [0.2, 0.25) is 0 Å². The van der Waals surface area contributed by atoms with Crippen molar-refractivity contribution >= 4 is 0 Å². The van der Waals surface area contributed by atoms with Crippen LogP contribution in [-0.2, 0) is 31.0 Å². The minimum absolute atomic E-state index is 0.00741. The van der Waals surface area contributed by atoms with Crippen molar-refractivity contribution in [3.63, 3.8) is 0 Å². The molecule has 0 saturated carbocycles. The van der Waals surface area contributed by atoms with Gasteiger partial charge in [0.05, 0.1) is 6.04 Å². The molecule has 1 atom stereocenters. The van der Waals surface area contributed by atoms with Gasteiger partial charge in [-0.1, -0.05) is 69.3 Å². The lowest BCUT2D eigenvalue weighted by atomic mass is 9.86. The number of nitrogens with one attached hydrogen (secondary N) is 1. The Morgan fingerprint density at radius 1 is 0.939 bits per heavy atom. The van der Waals surface area contributed by atoms with E-state index in [4.69, 9.17) is 0 Å². The number of hydrogen-bond donors (Lipinski definition) is 1. The number of pyridine rings is 1. The SMILES string of the molecule is CC(C)(C)c1ccc([C@H](Cn2cccc(C(F)(F)F)c2=O)NC2Cc3ccccc3C2)cc1. The van der Waals surface area contributed by atoms with Crippen LogP contribution in [0.25, 0.3) is 0 Å². The van der Waals surface area contributed by atoms with E-state index in [9.17, 15) is 18.0 Å². The zero-order valence-electron chi connectivity index (χ0n) is 19.1. The highest BCUT2D eigenvalue weighted by atomic mass is 19.4. The van der Waals surface area contributed by atoms with E-state index in [-0.39, 0.29) is 24.0 Å². The maximum atomic E-state index is 13.3. The molecule has 0 bridgehead atoms. The molecular formula is C27H29F3N2O. The molecule has 174 valence electrons. The summed E-state index contributed by atoms with van der Waals surface area (Å²) in [6.07, 6.45) is -1.54. The first-order valence-electron chi connectivity index (χ1n) is 11.2. The predicted molar refractivity (Wildman–Crippen MR) is 124 cm³/mol. The van der Waals surface area contributed by atoms with Gasteiger partial charge in [0.25, 0.3) is 5.56 Å². The molecule has 1 N–H and O–H groups in total. The Kier molecular flexibility index (Phi) is 6.23. The van der Waals surface area contributed by atoms with Crippen LogP contribution < -0.4 is 10.9 Å². The van der Waals surface area contributed by atoms with Crippen molar-refractivity contribution in [1.29, 1.82) is 0 Å². The molecule has 3 aromatic rings. The third kappa shape index (κ3) is 5.22. The van der Waals surface area contributed by atoms with Gasteiger partial charge in [0.1, 0.15) is 5.56 Å². The average Bonchev–Trinajstić information content (AvgIpc) is 3.16. The molecule has 6 heteroatoms. The molecule has 1 aliphatic carbocycles. The molecule has 4 rings (SSSR count). The van der Waals surface area contributed by atoms with E-state index < -0.39 is 17.3 Å². The van der Waals surface area contributed by atoms with Gasteiger partial charge in [-0.15, -0.1) is 0 Å². The quantitative estimate of drug-likeness (QED) is 0.540. The minimum atomic E-state index is -4.68. The molecule has 2 aromatic carbocycles. The molecule has 0 amide bonds. The number of benzene rings is 2. The van der Waals surface area contributed by atoms with Gasteiger partial charge < -0.3 is 9.88 Å². The highest BCUT2D eigenvalue weighted by Crippen LogP contribution is 2.29. The summed E-state index contributed by atoms with van der Waals surface area (Å²) in [6.45, 7) is 6.52.